The molecule has 0 aliphatic rings. The van der Waals surface area contributed by atoms with Crippen LogP contribution in [-0.2, 0) is 11.3 Å². The van der Waals surface area contributed by atoms with E-state index in [0.717, 1.165) is 15.8 Å². The van der Waals surface area contributed by atoms with Gasteiger partial charge in [-0.15, -0.1) is 17.9 Å². The highest BCUT2D eigenvalue weighted by Crippen LogP contribution is 2.22. The van der Waals surface area contributed by atoms with E-state index in [2.05, 4.69) is 16.8 Å². The van der Waals surface area contributed by atoms with Gasteiger partial charge >= 0.3 is 0 Å². The standard InChI is InChI=1S/C17H18ClFN2OS/c1-2-9-21(12-15-6-7-16(18)23-15)10-8-17(22)20-14-5-3-4-13(19)11-14/h2-7,11H,1,8-10,12H2,(H,20,22). The maximum absolute atomic E-state index is 13.1. The van der Waals surface area contributed by atoms with Crippen molar-refractivity contribution in [3.63, 3.8) is 0 Å². The summed E-state index contributed by atoms with van der Waals surface area (Å²) in [7, 11) is 0. The number of nitrogens with one attached hydrogen (secondary N) is 1. The minimum atomic E-state index is -0.370. The lowest BCUT2D eigenvalue weighted by Gasteiger charge is -2.19. The number of benzene rings is 1. The van der Waals surface area contributed by atoms with Gasteiger partial charge in [-0.2, -0.15) is 0 Å². The van der Waals surface area contributed by atoms with Gasteiger partial charge in [-0.05, 0) is 30.3 Å². The quantitative estimate of drug-likeness (QED) is 0.706. The summed E-state index contributed by atoms with van der Waals surface area (Å²) < 4.78 is 13.8. The van der Waals surface area contributed by atoms with Crippen molar-refractivity contribution in [1.29, 1.82) is 0 Å². The van der Waals surface area contributed by atoms with Crippen LogP contribution in [0, 0.1) is 5.82 Å². The van der Waals surface area contributed by atoms with E-state index in [0.29, 0.717) is 25.2 Å². The lowest BCUT2D eigenvalue weighted by molar-refractivity contribution is -0.116. The lowest BCUT2D eigenvalue weighted by Crippen LogP contribution is -2.27. The number of hydrogen-bond acceptors (Lipinski definition) is 3. The minimum absolute atomic E-state index is 0.145. The molecule has 122 valence electrons. The fraction of sp³-hybridized carbons (Fsp3) is 0.235. The van der Waals surface area contributed by atoms with Crippen molar-refractivity contribution in [3.05, 3.63) is 64.1 Å². The number of hydrogen-bond donors (Lipinski definition) is 1. The van der Waals surface area contributed by atoms with Crippen LogP contribution >= 0.6 is 22.9 Å². The molecule has 1 amide bonds. The molecule has 0 fully saturated rings. The van der Waals surface area contributed by atoms with Crippen molar-refractivity contribution in [1.82, 2.24) is 4.90 Å². The van der Waals surface area contributed by atoms with Gasteiger partial charge in [0, 0.05) is 36.6 Å². The van der Waals surface area contributed by atoms with Gasteiger partial charge in [0.15, 0.2) is 0 Å². The normalized spacial score (nSPS) is 10.7. The summed E-state index contributed by atoms with van der Waals surface area (Å²) in [6, 6.07) is 9.71. The second-order valence-electron chi connectivity index (χ2n) is 5.04. The van der Waals surface area contributed by atoms with E-state index in [1.54, 1.807) is 18.2 Å². The molecule has 1 N–H and O–H groups in total. The molecule has 6 heteroatoms. The zero-order valence-electron chi connectivity index (χ0n) is 12.6. The molecule has 2 rings (SSSR count). The van der Waals surface area contributed by atoms with E-state index in [-0.39, 0.29) is 11.7 Å². The Morgan fingerprint density at radius 3 is 2.87 bits per heavy atom. The molecule has 0 aliphatic carbocycles. The first-order chi connectivity index (χ1) is 11.1. The summed E-state index contributed by atoms with van der Waals surface area (Å²) in [5, 5.41) is 2.70. The Balaban J connectivity index is 1.85. The minimum Gasteiger partial charge on any atom is -0.326 e. The van der Waals surface area contributed by atoms with E-state index in [1.807, 2.05) is 12.1 Å². The van der Waals surface area contributed by atoms with Crippen LogP contribution in [0.25, 0.3) is 0 Å². The molecular formula is C17H18ClFN2OS. The van der Waals surface area contributed by atoms with Crippen LogP contribution in [0.1, 0.15) is 11.3 Å². The zero-order valence-corrected chi connectivity index (χ0v) is 14.2. The monoisotopic (exact) mass is 352 g/mol. The van der Waals surface area contributed by atoms with Gasteiger partial charge in [0.2, 0.25) is 5.91 Å². The fourth-order valence-corrected chi connectivity index (χ4v) is 3.25. The van der Waals surface area contributed by atoms with E-state index < -0.39 is 0 Å². The molecule has 23 heavy (non-hydrogen) atoms. The molecule has 0 unspecified atom stereocenters. The number of amides is 1. The van der Waals surface area contributed by atoms with Crippen LogP contribution in [0.2, 0.25) is 4.34 Å². The summed E-state index contributed by atoms with van der Waals surface area (Å²) in [4.78, 5) is 15.2. The number of nitrogens with zero attached hydrogens (tertiary/aromatic N) is 1. The van der Waals surface area contributed by atoms with Crippen molar-refractivity contribution in [3.8, 4) is 0 Å². The summed E-state index contributed by atoms with van der Waals surface area (Å²) in [5.41, 5.74) is 0.468. The van der Waals surface area contributed by atoms with Gasteiger partial charge in [0.1, 0.15) is 5.82 Å². The number of thiophene rings is 1. The molecule has 0 aliphatic heterocycles. The lowest BCUT2D eigenvalue weighted by atomic mass is 10.3. The molecule has 1 aromatic heterocycles. The van der Waals surface area contributed by atoms with Crippen molar-refractivity contribution in [2.75, 3.05) is 18.4 Å². The van der Waals surface area contributed by atoms with Gasteiger partial charge in [0.05, 0.1) is 4.34 Å². The molecule has 0 atom stereocenters. The molecule has 0 radical (unpaired) electrons. The second kappa shape index (κ2) is 8.82. The maximum Gasteiger partial charge on any atom is 0.225 e. The van der Waals surface area contributed by atoms with Crippen LogP contribution < -0.4 is 5.32 Å². The second-order valence-corrected chi connectivity index (χ2v) is 6.84. The third kappa shape index (κ3) is 6.14. The summed E-state index contributed by atoms with van der Waals surface area (Å²) in [5.74, 6) is -0.514. The van der Waals surface area contributed by atoms with E-state index in [1.165, 1.54) is 23.5 Å². The van der Waals surface area contributed by atoms with Crippen LogP contribution in [-0.4, -0.2) is 23.9 Å². The smallest absolute Gasteiger partial charge is 0.225 e. The Labute approximate surface area is 144 Å². The van der Waals surface area contributed by atoms with Gasteiger partial charge < -0.3 is 5.32 Å². The molecule has 0 saturated carbocycles. The number of anilines is 1. The van der Waals surface area contributed by atoms with Crippen molar-refractivity contribution in [2.45, 2.75) is 13.0 Å². The molecule has 3 nitrogen and oxygen atoms in total. The number of rotatable bonds is 8. The van der Waals surface area contributed by atoms with E-state index >= 15 is 0 Å². The fourth-order valence-electron chi connectivity index (χ4n) is 2.12. The maximum atomic E-state index is 13.1. The largest absolute Gasteiger partial charge is 0.326 e. The van der Waals surface area contributed by atoms with Gasteiger partial charge in [0.25, 0.3) is 0 Å². The predicted octanol–water partition coefficient (Wildman–Crippen LogP) is 4.56. The SMILES string of the molecule is C=CCN(CCC(=O)Nc1cccc(F)c1)Cc1ccc(Cl)s1. The Morgan fingerprint density at radius 1 is 1.39 bits per heavy atom. The van der Waals surface area contributed by atoms with E-state index in [4.69, 9.17) is 11.6 Å². The average molecular weight is 353 g/mol. The zero-order chi connectivity index (χ0) is 16.7. The molecule has 1 aromatic carbocycles. The van der Waals surface area contributed by atoms with Crippen LogP contribution in [0.5, 0.6) is 0 Å². The first kappa shape index (κ1) is 17.7. The highest BCUT2D eigenvalue weighted by molar-refractivity contribution is 7.16. The molecule has 1 heterocycles. The van der Waals surface area contributed by atoms with Crippen molar-refractivity contribution >= 4 is 34.5 Å². The third-order valence-corrected chi connectivity index (χ3v) is 4.37. The number of carbonyl (C=O) groups is 1. The topological polar surface area (TPSA) is 32.3 Å². The summed E-state index contributed by atoms with van der Waals surface area (Å²) in [6.07, 6.45) is 2.13. The van der Waals surface area contributed by atoms with Crippen molar-refractivity contribution < 1.29 is 9.18 Å². The van der Waals surface area contributed by atoms with Crippen LogP contribution in [0.3, 0.4) is 0 Å². The molecule has 0 bridgehead atoms. The first-order valence-electron chi connectivity index (χ1n) is 7.19. The Kier molecular flexibility index (Phi) is 6.77. The Bertz CT molecular complexity index is 674. The Morgan fingerprint density at radius 2 is 2.22 bits per heavy atom. The first-order valence-corrected chi connectivity index (χ1v) is 8.39. The van der Waals surface area contributed by atoms with Gasteiger partial charge in [-0.1, -0.05) is 23.7 Å². The van der Waals surface area contributed by atoms with Crippen LogP contribution in [0.15, 0.2) is 49.1 Å². The summed E-state index contributed by atoms with van der Waals surface area (Å²) in [6.45, 7) is 5.73. The van der Waals surface area contributed by atoms with E-state index in [9.17, 15) is 9.18 Å². The highest BCUT2D eigenvalue weighted by atomic mass is 35.5. The average Bonchev–Trinajstić information content (AvgIpc) is 2.90. The van der Waals surface area contributed by atoms with Gasteiger partial charge in [-0.3, -0.25) is 9.69 Å². The molecular weight excluding hydrogens is 335 g/mol. The predicted molar refractivity (Wildman–Crippen MR) is 94.4 cm³/mol. The molecule has 0 saturated heterocycles. The number of carbonyl (C=O) groups excluding carboxylic acids is 1. The van der Waals surface area contributed by atoms with Gasteiger partial charge in [-0.25, -0.2) is 4.39 Å². The highest BCUT2D eigenvalue weighted by Gasteiger charge is 2.10. The molecule has 2 aromatic rings. The van der Waals surface area contributed by atoms with Crippen LogP contribution in [0.4, 0.5) is 10.1 Å². The third-order valence-electron chi connectivity index (χ3n) is 3.16. The Hall–Kier alpha value is -1.69. The summed E-state index contributed by atoms with van der Waals surface area (Å²) >= 11 is 7.46. The van der Waals surface area contributed by atoms with Crippen molar-refractivity contribution in [2.24, 2.45) is 0 Å². The number of halogens is 2. The molecule has 0 spiro atoms.